The Morgan fingerprint density at radius 1 is 1.21 bits per heavy atom. The molecule has 11 heteroatoms. The van der Waals surface area contributed by atoms with Gasteiger partial charge >= 0.3 is 0 Å². The highest BCUT2D eigenvalue weighted by atomic mass is 16.7. The summed E-state index contributed by atoms with van der Waals surface area (Å²) in [4.78, 5) is 11.3. The molecule has 3 heterocycles. The Hall–Kier alpha value is -3.88. The average Bonchev–Trinajstić information content (AvgIpc) is 3.36. The van der Waals surface area contributed by atoms with E-state index in [2.05, 4.69) is 6.07 Å². The summed E-state index contributed by atoms with van der Waals surface area (Å²) in [5, 5.41) is 51.7. The highest BCUT2D eigenvalue weighted by Crippen LogP contribution is 2.70. The molecule has 11 nitrogen and oxygen atoms in total. The molecule has 5 unspecified atom stereocenters. The van der Waals surface area contributed by atoms with Crippen LogP contribution >= 0.6 is 0 Å². The fraction of sp³-hybridized carbons (Fsp3) is 0.545. The molecule has 5 atom stereocenters. The Labute approximate surface area is 188 Å². The minimum absolute atomic E-state index is 0.0966. The second-order valence-corrected chi connectivity index (χ2v) is 8.81. The molecule has 33 heavy (non-hydrogen) atoms. The molecule has 2 saturated heterocycles. The molecule has 0 radical (unpaired) electrons. The third kappa shape index (κ3) is 2.36. The normalized spacial score (nSPS) is 34.8. The quantitative estimate of drug-likeness (QED) is 0.535. The van der Waals surface area contributed by atoms with E-state index in [-0.39, 0.29) is 29.8 Å². The van der Waals surface area contributed by atoms with Crippen molar-refractivity contribution in [1.82, 2.24) is 0 Å². The van der Waals surface area contributed by atoms with Crippen LogP contribution in [0.25, 0.3) is 0 Å². The number of nitrogens with zero attached hydrogens (tertiary/aromatic N) is 4. The number of nitro groups is 1. The molecule has 3 aliphatic heterocycles. The predicted octanol–water partition coefficient (Wildman–Crippen LogP) is 3.47. The van der Waals surface area contributed by atoms with Gasteiger partial charge in [0.2, 0.25) is 23.9 Å². The monoisotopic (exact) mass is 449 g/mol. The fourth-order valence-electron chi connectivity index (χ4n) is 5.88. The van der Waals surface area contributed by atoms with E-state index >= 15 is 0 Å². The van der Waals surface area contributed by atoms with Crippen molar-refractivity contribution < 1.29 is 23.9 Å². The van der Waals surface area contributed by atoms with Crippen molar-refractivity contribution in [3.05, 3.63) is 27.8 Å². The summed E-state index contributed by atoms with van der Waals surface area (Å²) >= 11 is 0. The van der Waals surface area contributed by atoms with Crippen LogP contribution in [0, 0.1) is 72.2 Å². The maximum Gasteiger partial charge on any atom is 0.279 e. The van der Waals surface area contributed by atoms with Crippen LogP contribution in [-0.4, -0.2) is 23.4 Å². The summed E-state index contributed by atoms with van der Waals surface area (Å²) in [6, 6.07) is 8.44. The molecule has 4 aliphatic rings. The lowest BCUT2D eigenvalue weighted by atomic mass is 9.50. The maximum absolute atomic E-state index is 12.0. The van der Waals surface area contributed by atoms with Crippen LogP contribution < -0.4 is 9.47 Å². The van der Waals surface area contributed by atoms with Gasteiger partial charge in [0, 0.05) is 6.42 Å². The number of nitriles is 3. The molecule has 1 N–H and O–H groups in total. The standard InChI is InChI=1S/C22H19N5O6/c1-2-12-3-4-22-17(5-12)21(10-25,19(26)33-22)20(8-23,9-24)18(32-22)13-6-15-16(31-11-30-15)7-14(13)27(28)29/h6-7,12,17-18,26H,2-5,11H2,1H3. The third-order valence-corrected chi connectivity index (χ3v) is 7.60. The summed E-state index contributed by atoms with van der Waals surface area (Å²) in [5.41, 5.74) is -4.74. The zero-order valence-electron chi connectivity index (χ0n) is 17.7. The highest BCUT2D eigenvalue weighted by Gasteiger charge is 2.81. The number of hydrogen-bond donors (Lipinski definition) is 1. The molecule has 1 aromatic rings. The number of nitro benzene ring substituents is 1. The lowest BCUT2D eigenvalue weighted by molar-refractivity contribution is -0.387. The van der Waals surface area contributed by atoms with E-state index in [4.69, 9.17) is 24.4 Å². The average molecular weight is 449 g/mol. The van der Waals surface area contributed by atoms with Gasteiger partial charge in [-0.3, -0.25) is 15.5 Å². The summed E-state index contributed by atoms with van der Waals surface area (Å²) in [6.45, 7) is 1.88. The Morgan fingerprint density at radius 2 is 1.91 bits per heavy atom. The fourth-order valence-corrected chi connectivity index (χ4v) is 5.88. The number of hydrogen-bond acceptors (Lipinski definition) is 10. The van der Waals surface area contributed by atoms with Gasteiger partial charge in [-0.05, 0) is 24.8 Å². The minimum atomic E-state index is -2.27. The van der Waals surface area contributed by atoms with Crippen LogP contribution in [-0.2, 0) is 9.47 Å². The number of fused-ring (bicyclic) bond motifs is 1. The minimum Gasteiger partial charge on any atom is -0.454 e. The molecular weight excluding hydrogens is 430 g/mol. The van der Waals surface area contributed by atoms with Gasteiger partial charge in [-0.2, -0.15) is 15.8 Å². The molecule has 0 amide bonds. The van der Waals surface area contributed by atoms with Gasteiger partial charge < -0.3 is 18.9 Å². The van der Waals surface area contributed by atoms with Gasteiger partial charge in [-0.25, -0.2) is 0 Å². The maximum atomic E-state index is 12.0. The zero-order valence-corrected chi connectivity index (χ0v) is 17.7. The van der Waals surface area contributed by atoms with Gasteiger partial charge in [-0.15, -0.1) is 0 Å². The summed E-state index contributed by atoms with van der Waals surface area (Å²) in [7, 11) is 0. The van der Waals surface area contributed by atoms with E-state index in [1.54, 1.807) is 0 Å². The Balaban J connectivity index is 1.78. The van der Waals surface area contributed by atoms with Crippen LogP contribution in [0.3, 0.4) is 0 Å². The van der Waals surface area contributed by atoms with Crippen molar-refractivity contribution in [2.45, 2.75) is 44.5 Å². The molecule has 1 aliphatic carbocycles. The molecular formula is C22H19N5O6. The molecule has 1 saturated carbocycles. The topological polar surface area (TPSA) is 175 Å². The SMILES string of the molecule is CCC1CCC23OC(=N)C(C#N)(C2C1)C(C#N)(C#N)C(c1cc2c(cc1[N+](=O)[O-])OCO2)O3. The largest absolute Gasteiger partial charge is 0.454 e. The number of ether oxygens (including phenoxy) is 4. The third-order valence-electron chi connectivity index (χ3n) is 7.60. The predicted molar refractivity (Wildman–Crippen MR) is 107 cm³/mol. The summed E-state index contributed by atoms with van der Waals surface area (Å²) < 4.78 is 22.8. The zero-order chi connectivity index (χ0) is 23.6. The van der Waals surface area contributed by atoms with Crippen LogP contribution in [0.2, 0.25) is 0 Å². The Bertz CT molecular complexity index is 1200. The van der Waals surface area contributed by atoms with Gasteiger partial charge in [0.15, 0.2) is 16.9 Å². The lowest BCUT2D eigenvalue weighted by Crippen LogP contribution is -2.61. The Kier molecular flexibility index (Phi) is 4.33. The number of nitrogens with one attached hydrogen (secondary N) is 1. The number of rotatable bonds is 3. The van der Waals surface area contributed by atoms with E-state index in [0.29, 0.717) is 19.3 Å². The van der Waals surface area contributed by atoms with E-state index in [1.807, 2.05) is 19.1 Å². The van der Waals surface area contributed by atoms with Crippen molar-refractivity contribution in [3.8, 4) is 29.7 Å². The van der Waals surface area contributed by atoms with Gasteiger partial charge in [0.25, 0.3) is 5.69 Å². The summed E-state index contributed by atoms with van der Waals surface area (Å²) in [6.07, 6.45) is 0.769. The molecule has 5 rings (SSSR count). The summed E-state index contributed by atoms with van der Waals surface area (Å²) in [5.74, 6) is -2.09. The van der Waals surface area contributed by atoms with Crippen LogP contribution in [0.1, 0.15) is 44.3 Å². The first-order valence-corrected chi connectivity index (χ1v) is 10.6. The van der Waals surface area contributed by atoms with Gasteiger partial charge in [0.05, 0.1) is 40.7 Å². The van der Waals surface area contributed by atoms with Crippen molar-refractivity contribution in [3.63, 3.8) is 0 Å². The van der Waals surface area contributed by atoms with E-state index in [1.165, 1.54) is 6.07 Å². The first kappa shape index (κ1) is 21.0. The van der Waals surface area contributed by atoms with Crippen LogP contribution in [0.15, 0.2) is 12.1 Å². The Morgan fingerprint density at radius 3 is 2.52 bits per heavy atom. The molecule has 1 aromatic carbocycles. The van der Waals surface area contributed by atoms with Crippen LogP contribution in [0.4, 0.5) is 5.69 Å². The molecule has 0 spiro atoms. The lowest BCUT2D eigenvalue weighted by Gasteiger charge is -2.52. The van der Waals surface area contributed by atoms with E-state index in [9.17, 15) is 25.9 Å². The molecule has 168 valence electrons. The van der Waals surface area contributed by atoms with E-state index < -0.39 is 45.1 Å². The van der Waals surface area contributed by atoms with Gasteiger partial charge in [-0.1, -0.05) is 13.3 Å². The van der Waals surface area contributed by atoms with Gasteiger partial charge in [0.1, 0.15) is 6.10 Å². The van der Waals surface area contributed by atoms with Crippen LogP contribution in [0.5, 0.6) is 11.5 Å². The number of benzene rings is 1. The van der Waals surface area contributed by atoms with Crippen molar-refractivity contribution in [2.24, 2.45) is 22.7 Å². The smallest absolute Gasteiger partial charge is 0.279 e. The second kappa shape index (κ2) is 6.81. The first-order chi connectivity index (χ1) is 15.8. The first-order valence-electron chi connectivity index (χ1n) is 10.6. The van der Waals surface area contributed by atoms with Crippen molar-refractivity contribution in [1.29, 1.82) is 21.2 Å². The van der Waals surface area contributed by atoms with E-state index in [0.717, 1.165) is 12.5 Å². The molecule has 3 fully saturated rings. The molecule has 0 aromatic heterocycles. The van der Waals surface area contributed by atoms with Crippen molar-refractivity contribution >= 4 is 11.6 Å². The van der Waals surface area contributed by atoms with Crippen molar-refractivity contribution in [2.75, 3.05) is 6.79 Å². The molecule has 2 bridgehead atoms. The second-order valence-electron chi connectivity index (χ2n) is 8.81. The highest BCUT2D eigenvalue weighted by molar-refractivity contribution is 5.89.